The molecule has 0 aromatic heterocycles. The van der Waals surface area contributed by atoms with Gasteiger partial charge in [-0.3, -0.25) is 0 Å². The van der Waals surface area contributed by atoms with Gasteiger partial charge in [-0.25, -0.2) is 4.99 Å². The zero-order chi connectivity index (χ0) is 19.6. The monoisotopic (exact) mass is 386 g/mol. The second kappa shape index (κ2) is 11.3. The number of para-hydroxylation sites is 1. The summed E-state index contributed by atoms with van der Waals surface area (Å²) in [6.07, 6.45) is 6.51. The van der Waals surface area contributed by atoms with Gasteiger partial charge < -0.3 is 20.3 Å². The van der Waals surface area contributed by atoms with Crippen LogP contribution >= 0.6 is 0 Å². The summed E-state index contributed by atoms with van der Waals surface area (Å²) in [5, 5.41) is 6.90. The molecular weight excluding hydrogens is 348 g/mol. The van der Waals surface area contributed by atoms with Crippen molar-refractivity contribution in [3.8, 4) is 5.75 Å². The second-order valence-corrected chi connectivity index (χ2v) is 8.15. The number of guanidine groups is 1. The minimum Gasteiger partial charge on any atom is -0.493 e. The van der Waals surface area contributed by atoms with Crippen molar-refractivity contribution in [1.82, 2.24) is 15.5 Å². The van der Waals surface area contributed by atoms with Gasteiger partial charge in [0.15, 0.2) is 5.96 Å². The molecule has 1 saturated carbocycles. The lowest BCUT2D eigenvalue weighted by molar-refractivity contribution is 0.187. The largest absolute Gasteiger partial charge is 0.493 e. The molecule has 156 valence electrons. The molecule has 1 aliphatic heterocycles. The molecule has 28 heavy (non-hydrogen) atoms. The number of benzene rings is 1. The van der Waals surface area contributed by atoms with E-state index in [0.29, 0.717) is 6.54 Å². The maximum Gasteiger partial charge on any atom is 0.191 e. The van der Waals surface area contributed by atoms with Crippen molar-refractivity contribution < 1.29 is 4.74 Å². The van der Waals surface area contributed by atoms with E-state index in [1.807, 2.05) is 6.07 Å². The van der Waals surface area contributed by atoms with Crippen LogP contribution in [-0.2, 0) is 6.54 Å². The van der Waals surface area contributed by atoms with Crippen LogP contribution in [0.3, 0.4) is 0 Å². The van der Waals surface area contributed by atoms with Gasteiger partial charge in [0.2, 0.25) is 0 Å². The van der Waals surface area contributed by atoms with Crippen LogP contribution in [0.4, 0.5) is 0 Å². The molecule has 5 heteroatoms. The van der Waals surface area contributed by atoms with Gasteiger partial charge in [0.1, 0.15) is 5.75 Å². The Kier molecular flexibility index (Phi) is 8.46. The van der Waals surface area contributed by atoms with Gasteiger partial charge >= 0.3 is 0 Å². The lowest BCUT2D eigenvalue weighted by atomic mass is 9.93. The summed E-state index contributed by atoms with van der Waals surface area (Å²) in [7, 11) is 0. The number of rotatable bonds is 10. The molecule has 0 bridgehead atoms. The van der Waals surface area contributed by atoms with E-state index in [-0.39, 0.29) is 0 Å². The Bertz CT molecular complexity index is 606. The summed E-state index contributed by atoms with van der Waals surface area (Å²) in [5.74, 6) is 3.50. The summed E-state index contributed by atoms with van der Waals surface area (Å²) < 4.78 is 6.02. The number of ether oxygens (including phenoxy) is 1. The third kappa shape index (κ3) is 7.01. The van der Waals surface area contributed by atoms with Crippen molar-refractivity contribution in [2.45, 2.75) is 52.5 Å². The Morgan fingerprint density at radius 3 is 2.57 bits per heavy atom. The first-order valence-electron chi connectivity index (χ1n) is 11.2. The number of nitrogens with one attached hydrogen (secondary N) is 2. The van der Waals surface area contributed by atoms with Crippen LogP contribution < -0.4 is 15.4 Å². The number of aliphatic imine (C=N–C) groups is 1. The first kappa shape index (κ1) is 21.0. The van der Waals surface area contributed by atoms with Crippen LogP contribution in [0.2, 0.25) is 0 Å². The average molecular weight is 387 g/mol. The van der Waals surface area contributed by atoms with Crippen molar-refractivity contribution >= 4 is 5.96 Å². The van der Waals surface area contributed by atoms with Gasteiger partial charge in [0.05, 0.1) is 13.2 Å². The van der Waals surface area contributed by atoms with E-state index >= 15 is 0 Å². The minimum atomic E-state index is 0.644. The molecule has 1 aromatic carbocycles. The molecule has 0 atom stereocenters. The van der Waals surface area contributed by atoms with E-state index in [2.05, 4.69) is 47.6 Å². The summed E-state index contributed by atoms with van der Waals surface area (Å²) in [6, 6.07) is 8.30. The van der Waals surface area contributed by atoms with Crippen molar-refractivity contribution in [3.05, 3.63) is 29.8 Å². The molecule has 0 amide bonds. The molecule has 1 aliphatic carbocycles. The molecule has 0 spiro atoms. The minimum absolute atomic E-state index is 0.644. The third-order valence-corrected chi connectivity index (χ3v) is 5.90. The molecular formula is C23H38N4O. The molecule has 3 rings (SSSR count). The molecule has 5 nitrogen and oxygen atoms in total. The van der Waals surface area contributed by atoms with E-state index in [9.17, 15) is 0 Å². The molecule has 2 fully saturated rings. The van der Waals surface area contributed by atoms with E-state index in [4.69, 9.17) is 9.73 Å². The smallest absolute Gasteiger partial charge is 0.191 e. The van der Waals surface area contributed by atoms with E-state index in [1.165, 1.54) is 51.7 Å². The number of hydrogen-bond donors (Lipinski definition) is 2. The lowest BCUT2D eigenvalue weighted by Crippen LogP contribution is -2.39. The van der Waals surface area contributed by atoms with Gasteiger partial charge in [-0.2, -0.15) is 0 Å². The number of nitrogens with zero attached hydrogens (tertiary/aromatic N) is 2. The number of likely N-dealkylation sites (tertiary alicyclic amines) is 1. The predicted octanol–water partition coefficient (Wildman–Crippen LogP) is 3.65. The maximum atomic E-state index is 6.02. The standard InChI is InChI=1S/C23H38N4O/c1-3-24-23(25-14-11-19-12-15-27(4-2)16-13-19)26-17-21-7-5-6-8-22(21)28-18-20-9-10-20/h5-8,19-20H,3-4,9-18H2,1-2H3,(H2,24,25,26). The highest BCUT2D eigenvalue weighted by Crippen LogP contribution is 2.30. The molecule has 1 aromatic rings. The lowest BCUT2D eigenvalue weighted by Gasteiger charge is -2.31. The Morgan fingerprint density at radius 2 is 1.86 bits per heavy atom. The van der Waals surface area contributed by atoms with E-state index in [1.54, 1.807) is 0 Å². The molecule has 2 N–H and O–H groups in total. The fraction of sp³-hybridized carbons (Fsp3) is 0.696. The first-order valence-corrected chi connectivity index (χ1v) is 11.2. The van der Waals surface area contributed by atoms with Gasteiger partial charge in [-0.05, 0) is 76.6 Å². The molecule has 0 unspecified atom stereocenters. The van der Waals surface area contributed by atoms with Gasteiger partial charge in [-0.1, -0.05) is 25.1 Å². The van der Waals surface area contributed by atoms with Crippen molar-refractivity contribution in [2.75, 3.05) is 39.3 Å². The molecule has 1 heterocycles. The number of piperidine rings is 1. The van der Waals surface area contributed by atoms with E-state index in [0.717, 1.165) is 48.8 Å². The zero-order valence-corrected chi connectivity index (χ0v) is 17.8. The fourth-order valence-corrected chi connectivity index (χ4v) is 3.76. The SMILES string of the molecule is CCNC(=NCc1ccccc1OCC1CC1)NCCC1CCN(CC)CC1. The topological polar surface area (TPSA) is 48.9 Å². The van der Waals surface area contributed by atoms with Crippen LogP contribution in [0.1, 0.15) is 51.5 Å². The predicted molar refractivity (Wildman–Crippen MR) is 117 cm³/mol. The normalized spacial score (nSPS) is 18.9. The van der Waals surface area contributed by atoms with Crippen LogP contribution in [0, 0.1) is 11.8 Å². The highest BCUT2D eigenvalue weighted by Gasteiger charge is 2.22. The maximum absolute atomic E-state index is 6.02. The fourth-order valence-electron chi connectivity index (χ4n) is 3.76. The Morgan fingerprint density at radius 1 is 1.07 bits per heavy atom. The highest BCUT2D eigenvalue weighted by atomic mass is 16.5. The molecule has 0 radical (unpaired) electrons. The van der Waals surface area contributed by atoms with Crippen LogP contribution in [0.5, 0.6) is 5.75 Å². The van der Waals surface area contributed by atoms with Gasteiger partial charge in [0.25, 0.3) is 0 Å². The Labute approximate surface area is 170 Å². The van der Waals surface area contributed by atoms with Crippen molar-refractivity contribution in [1.29, 1.82) is 0 Å². The highest BCUT2D eigenvalue weighted by molar-refractivity contribution is 5.79. The van der Waals surface area contributed by atoms with Crippen molar-refractivity contribution in [2.24, 2.45) is 16.8 Å². The number of hydrogen-bond acceptors (Lipinski definition) is 3. The summed E-state index contributed by atoms with van der Waals surface area (Å²) in [5.41, 5.74) is 1.16. The van der Waals surface area contributed by atoms with Crippen LogP contribution in [0.25, 0.3) is 0 Å². The Hall–Kier alpha value is -1.75. The summed E-state index contributed by atoms with van der Waals surface area (Å²) in [4.78, 5) is 7.36. The van der Waals surface area contributed by atoms with Crippen LogP contribution in [-0.4, -0.2) is 50.2 Å². The van der Waals surface area contributed by atoms with Crippen LogP contribution in [0.15, 0.2) is 29.3 Å². The molecule has 2 aliphatic rings. The van der Waals surface area contributed by atoms with E-state index < -0.39 is 0 Å². The summed E-state index contributed by atoms with van der Waals surface area (Å²) in [6.45, 7) is 11.4. The summed E-state index contributed by atoms with van der Waals surface area (Å²) >= 11 is 0. The molecule has 1 saturated heterocycles. The van der Waals surface area contributed by atoms with Gasteiger partial charge in [-0.15, -0.1) is 0 Å². The second-order valence-electron chi connectivity index (χ2n) is 8.15. The zero-order valence-electron chi connectivity index (χ0n) is 17.8. The average Bonchev–Trinajstić information content (AvgIpc) is 3.56. The Balaban J connectivity index is 1.46. The quantitative estimate of drug-likeness (QED) is 0.476. The van der Waals surface area contributed by atoms with Gasteiger partial charge in [0, 0.05) is 18.7 Å². The first-order chi connectivity index (χ1) is 13.8. The third-order valence-electron chi connectivity index (χ3n) is 5.90. The van der Waals surface area contributed by atoms with Crippen molar-refractivity contribution in [3.63, 3.8) is 0 Å².